The van der Waals surface area contributed by atoms with Crippen molar-refractivity contribution < 1.29 is 19.4 Å². The lowest BCUT2D eigenvalue weighted by Gasteiger charge is -2.19. The number of aliphatic carboxylic acids is 1. The second-order valence-corrected chi connectivity index (χ2v) is 5.05. The number of carbonyl (C=O) groups excluding carboxylic acids is 1. The highest BCUT2D eigenvalue weighted by molar-refractivity contribution is 5.81. The number of hydrogen-bond acceptors (Lipinski definition) is 3. The van der Waals surface area contributed by atoms with Crippen LogP contribution in [-0.4, -0.2) is 24.1 Å². The number of methoxy groups -OCH3 is 1. The minimum absolute atomic E-state index is 0.0225. The predicted molar refractivity (Wildman–Crippen MR) is 73.5 cm³/mol. The third-order valence-corrected chi connectivity index (χ3v) is 3.45. The molecule has 2 N–H and O–H groups in total. The Hall–Kier alpha value is -2.04. The Labute approximate surface area is 117 Å². The second-order valence-electron chi connectivity index (χ2n) is 5.05. The molecule has 108 valence electrons. The first-order chi connectivity index (χ1) is 9.60. The van der Waals surface area contributed by atoms with Gasteiger partial charge in [-0.2, -0.15) is 0 Å². The molecule has 1 unspecified atom stereocenters. The van der Waals surface area contributed by atoms with Crippen molar-refractivity contribution in [2.45, 2.75) is 31.7 Å². The smallest absolute Gasteiger partial charge is 0.303 e. The largest absolute Gasteiger partial charge is 0.497 e. The molecule has 1 fully saturated rings. The fourth-order valence-corrected chi connectivity index (χ4v) is 2.18. The molecule has 1 saturated carbocycles. The number of nitrogens with one attached hydrogen (secondary N) is 1. The van der Waals surface area contributed by atoms with Crippen molar-refractivity contribution in [1.82, 2.24) is 5.32 Å². The van der Waals surface area contributed by atoms with Gasteiger partial charge in [-0.05, 0) is 36.5 Å². The maximum atomic E-state index is 11.8. The first kappa shape index (κ1) is 14.4. The van der Waals surface area contributed by atoms with E-state index >= 15 is 0 Å². The summed E-state index contributed by atoms with van der Waals surface area (Å²) < 4.78 is 5.12. The molecule has 1 amide bonds. The van der Waals surface area contributed by atoms with E-state index in [-0.39, 0.29) is 24.8 Å². The third kappa shape index (κ3) is 3.98. The molecule has 2 rings (SSSR count). The van der Waals surface area contributed by atoms with Crippen molar-refractivity contribution in [3.8, 4) is 5.75 Å². The van der Waals surface area contributed by atoms with Gasteiger partial charge in [0.1, 0.15) is 5.75 Å². The summed E-state index contributed by atoms with van der Waals surface area (Å²) in [6, 6.07) is 7.60. The number of hydrogen-bond donors (Lipinski definition) is 2. The van der Waals surface area contributed by atoms with Gasteiger partial charge in [0.25, 0.3) is 0 Å². The topological polar surface area (TPSA) is 75.6 Å². The van der Waals surface area contributed by atoms with Crippen LogP contribution >= 0.6 is 0 Å². The van der Waals surface area contributed by atoms with Gasteiger partial charge in [0.05, 0.1) is 19.6 Å². The number of amides is 1. The van der Waals surface area contributed by atoms with Crippen molar-refractivity contribution in [3.63, 3.8) is 0 Å². The molecule has 1 aliphatic carbocycles. The third-order valence-electron chi connectivity index (χ3n) is 3.45. The van der Waals surface area contributed by atoms with Gasteiger partial charge in [0.15, 0.2) is 0 Å². The van der Waals surface area contributed by atoms with Crippen LogP contribution in [0, 0.1) is 5.92 Å². The summed E-state index contributed by atoms with van der Waals surface area (Å²) in [5.74, 6) is 0.0744. The molecular formula is C15H19NO4. The number of benzene rings is 1. The van der Waals surface area contributed by atoms with Crippen molar-refractivity contribution in [2.75, 3.05) is 7.11 Å². The first-order valence-corrected chi connectivity index (χ1v) is 6.75. The van der Waals surface area contributed by atoms with Crippen molar-refractivity contribution in [3.05, 3.63) is 29.8 Å². The van der Waals surface area contributed by atoms with Crippen LogP contribution in [-0.2, 0) is 9.59 Å². The molecule has 1 atom stereocenters. The number of carboxylic acid groups (broad SMARTS) is 1. The lowest BCUT2D eigenvalue weighted by molar-refractivity contribution is -0.139. The average molecular weight is 277 g/mol. The number of carbonyl (C=O) groups is 2. The zero-order valence-electron chi connectivity index (χ0n) is 11.5. The SMILES string of the molecule is COc1ccc(C(NC(=O)CCC(=O)O)C2CC2)cc1. The molecule has 1 aromatic rings. The van der Waals surface area contributed by atoms with Gasteiger partial charge in [0, 0.05) is 6.42 Å². The van der Waals surface area contributed by atoms with Gasteiger partial charge in [-0.15, -0.1) is 0 Å². The maximum absolute atomic E-state index is 11.8. The van der Waals surface area contributed by atoms with Crippen LogP contribution in [0.1, 0.15) is 37.3 Å². The number of ether oxygens (including phenoxy) is 1. The molecule has 0 aromatic heterocycles. The highest BCUT2D eigenvalue weighted by Crippen LogP contribution is 2.41. The molecule has 1 aliphatic rings. The quantitative estimate of drug-likeness (QED) is 0.800. The van der Waals surface area contributed by atoms with E-state index in [2.05, 4.69) is 5.32 Å². The van der Waals surface area contributed by atoms with Gasteiger partial charge >= 0.3 is 5.97 Å². The van der Waals surface area contributed by atoms with E-state index in [0.29, 0.717) is 5.92 Å². The van der Waals surface area contributed by atoms with Gasteiger partial charge in [-0.25, -0.2) is 0 Å². The minimum atomic E-state index is -0.951. The summed E-state index contributed by atoms with van der Waals surface area (Å²) in [4.78, 5) is 22.3. The van der Waals surface area contributed by atoms with Crippen LogP contribution in [0.15, 0.2) is 24.3 Å². The Morgan fingerprint density at radius 2 is 1.95 bits per heavy atom. The van der Waals surface area contributed by atoms with E-state index < -0.39 is 5.97 Å². The van der Waals surface area contributed by atoms with Crippen LogP contribution in [0.2, 0.25) is 0 Å². The molecule has 0 heterocycles. The number of carboxylic acids is 1. The Kier molecular flexibility index (Phi) is 4.61. The van der Waals surface area contributed by atoms with Crippen LogP contribution < -0.4 is 10.1 Å². The molecule has 0 saturated heterocycles. The Morgan fingerprint density at radius 3 is 2.45 bits per heavy atom. The fourth-order valence-electron chi connectivity index (χ4n) is 2.18. The van der Waals surface area contributed by atoms with E-state index in [0.717, 1.165) is 24.2 Å². The highest BCUT2D eigenvalue weighted by atomic mass is 16.5. The number of rotatable bonds is 7. The zero-order chi connectivity index (χ0) is 14.5. The molecule has 5 heteroatoms. The fraction of sp³-hybridized carbons (Fsp3) is 0.467. The van der Waals surface area contributed by atoms with E-state index in [1.54, 1.807) is 7.11 Å². The lowest BCUT2D eigenvalue weighted by atomic mass is 10.0. The zero-order valence-corrected chi connectivity index (χ0v) is 11.5. The molecule has 20 heavy (non-hydrogen) atoms. The van der Waals surface area contributed by atoms with Crippen LogP contribution in [0.5, 0.6) is 5.75 Å². The summed E-state index contributed by atoms with van der Waals surface area (Å²) in [6.45, 7) is 0. The lowest BCUT2D eigenvalue weighted by Crippen LogP contribution is -2.30. The molecule has 1 aromatic carbocycles. The van der Waals surface area contributed by atoms with Gasteiger partial charge in [-0.3, -0.25) is 9.59 Å². The molecule has 0 radical (unpaired) electrons. The van der Waals surface area contributed by atoms with Gasteiger partial charge in [0.2, 0.25) is 5.91 Å². The highest BCUT2D eigenvalue weighted by Gasteiger charge is 2.33. The van der Waals surface area contributed by atoms with Crippen molar-refractivity contribution in [2.24, 2.45) is 5.92 Å². The molecule has 5 nitrogen and oxygen atoms in total. The van der Waals surface area contributed by atoms with Crippen LogP contribution in [0.3, 0.4) is 0 Å². The predicted octanol–water partition coefficient (Wildman–Crippen LogP) is 2.13. The van der Waals surface area contributed by atoms with Crippen LogP contribution in [0.4, 0.5) is 0 Å². The Bertz CT molecular complexity index is 479. The standard InChI is InChI=1S/C15H19NO4/c1-20-12-6-4-11(5-7-12)15(10-2-3-10)16-13(17)8-9-14(18)19/h4-7,10,15H,2-3,8-9H2,1H3,(H,16,17)(H,18,19). The van der Waals surface area contributed by atoms with Crippen LogP contribution in [0.25, 0.3) is 0 Å². The summed E-state index contributed by atoms with van der Waals surface area (Å²) in [5, 5.41) is 11.5. The first-order valence-electron chi connectivity index (χ1n) is 6.75. The Morgan fingerprint density at radius 1 is 1.30 bits per heavy atom. The monoisotopic (exact) mass is 277 g/mol. The van der Waals surface area contributed by atoms with E-state index in [1.807, 2.05) is 24.3 Å². The summed E-state index contributed by atoms with van der Waals surface area (Å²) in [7, 11) is 1.61. The van der Waals surface area contributed by atoms with Crippen molar-refractivity contribution in [1.29, 1.82) is 0 Å². The average Bonchev–Trinajstić information content (AvgIpc) is 3.27. The summed E-state index contributed by atoms with van der Waals surface area (Å²) in [5.41, 5.74) is 1.04. The Balaban J connectivity index is 1.99. The van der Waals surface area contributed by atoms with Gasteiger partial charge < -0.3 is 15.2 Å². The molecular weight excluding hydrogens is 258 g/mol. The molecule has 0 spiro atoms. The van der Waals surface area contributed by atoms with E-state index in [4.69, 9.17) is 9.84 Å². The summed E-state index contributed by atoms with van der Waals surface area (Å²) in [6.07, 6.45) is 2.08. The van der Waals surface area contributed by atoms with Crippen molar-refractivity contribution >= 4 is 11.9 Å². The second kappa shape index (κ2) is 6.41. The maximum Gasteiger partial charge on any atom is 0.303 e. The molecule has 0 bridgehead atoms. The minimum Gasteiger partial charge on any atom is -0.497 e. The normalized spacial score (nSPS) is 15.4. The van der Waals surface area contributed by atoms with E-state index in [9.17, 15) is 9.59 Å². The molecule has 0 aliphatic heterocycles. The van der Waals surface area contributed by atoms with Gasteiger partial charge in [-0.1, -0.05) is 12.1 Å². The van der Waals surface area contributed by atoms with E-state index in [1.165, 1.54) is 0 Å². The summed E-state index contributed by atoms with van der Waals surface area (Å²) >= 11 is 0.